The smallest absolute Gasteiger partial charge is 0.256 e. The quantitative estimate of drug-likeness (QED) is 0.531. The Morgan fingerprint density at radius 3 is 2.23 bits per heavy atom. The molecule has 0 radical (unpaired) electrons. The van der Waals surface area contributed by atoms with Crippen molar-refractivity contribution in [2.45, 2.75) is 0 Å². The molecule has 4 rings (SSSR count). The Bertz CT molecular complexity index is 1110. The van der Waals surface area contributed by atoms with Crippen molar-refractivity contribution in [2.24, 2.45) is 0 Å². The molecule has 0 saturated heterocycles. The van der Waals surface area contributed by atoms with E-state index < -0.39 is 0 Å². The molecule has 0 saturated carbocycles. The SMILES string of the molecule is O=c1[nH]cc(-c2ccccn2)c(-c2ccccc2)c1-c1ccccc1Cl. The molecule has 0 bridgehead atoms. The zero-order valence-electron chi connectivity index (χ0n) is 13.8. The fraction of sp³-hybridized carbons (Fsp3) is 0. The molecule has 26 heavy (non-hydrogen) atoms. The predicted octanol–water partition coefficient (Wildman–Crippen LogP) is 5.42. The molecule has 2 aromatic carbocycles. The summed E-state index contributed by atoms with van der Waals surface area (Å²) in [5.74, 6) is 0. The molecular formula is C22H15ClN2O. The average Bonchev–Trinajstić information content (AvgIpc) is 2.70. The first-order valence-corrected chi connectivity index (χ1v) is 8.61. The van der Waals surface area contributed by atoms with Crippen molar-refractivity contribution in [2.75, 3.05) is 0 Å². The van der Waals surface area contributed by atoms with E-state index in [1.165, 1.54) is 0 Å². The summed E-state index contributed by atoms with van der Waals surface area (Å²) in [5, 5.41) is 0.536. The van der Waals surface area contributed by atoms with Crippen LogP contribution < -0.4 is 5.56 Å². The highest BCUT2D eigenvalue weighted by atomic mass is 35.5. The molecule has 0 aliphatic rings. The molecule has 0 atom stereocenters. The van der Waals surface area contributed by atoms with Crippen molar-refractivity contribution in [3.8, 4) is 33.5 Å². The van der Waals surface area contributed by atoms with Gasteiger partial charge in [-0.1, -0.05) is 66.2 Å². The minimum Gasteiger partial charge on any atom is -0.328 e. The highest BCUT2D eigenvalue weighted by molar-refractivity contribution is 6.33. The van der Waals surface area contributed by atoms with E-state index in [1.54, 1.807) is 18.5 Å². The minimum atomic E-state index is -0.184. The van der Waals surface area contributed by atoms with Crippen LogP contribution in [0.3, 0.4) is 0 Å². The van der Waals surface area contributed by atoms with E-state index in [0.29, 0.717) is 16.1 Å². The van der Waals surface area contributed by atoms with Crippen molar-refractivity contribution in [3.05, 3.63) is 101 Å². The fourth-order valence-corrected chi connectivity index (χ4v) is 3.31. The molecule has 2 aromatic heterocycles. The highest BCUT2D eigenvalue weighted by Gasteiger charge is 2.19. The topological polar surface area (TPSA) is 45.8 Å². The van der Waals surface area contributed by atoms with Crippen molar-refractivity contribution < 1.29 is 0 Å². The van der Waals surface area contributed by atoms with Gasteiger partial charge < -0.3 is 4.98 Å². The van der Waals surface area contributed by atoms with Gasteiger partial charge in [0.2, 0.25) is 0 Å². The number of hydrogen-bond donors (Lipinski definition) is 1. The predicted molar refractivity (Wildman–Crippen MR) is 106 cm³/mol. The molecule has 0 fully saturated rings. The van der Waals surface area contributed by atoms with Crippen LogP contribution in [-0.4, -0.2) is 9.97 Å². The van der Waals surface area contributed by atoms with Gasteiger partial charge in [0.25, 0.3) is 5.56 Å². The third-order valence-electron chi connectivity index (χ3n) is 4.24. The van der Waals surface area contributed by atoms with Crippen molar-refractivity contribution in [3.63, 3.8) is 0 Å². The van der Waals surface area contributed by atoms with E-state index in [1.807, 2.05) is 66.7 Å². The van der Waals surface area contributed by atoms with E-state index in [-0.39, 0.29) is 5.56 Å². The molecule has 0 unspecified atom stereocenters. The van der Waals surface area contributed by atoms with Crippen LogP contribution in [0.15, 0.2) is 90.0 Å². The van der Waals surface area contributed by atoms with Gasteiger partial charge >= 0.3 is 0 Å². The molecule has 0 aliphatic heterocycles. The number of hydrogen-bond acceptors (Lipinski definition) is 2. The van der Waals surface area contributed by atoms with Gasteiger partial charge in [-0.25, -0.2) is 0 Å². The Balaban J connectivity index is 2.12. The Labute approximate surface area is 156 Å². The summed E-state index contributed by atoms with van der Waals surface area (Å²) >= 11 is 6.42. The van der Waals surface area contributed by atoms with Crippen LogP contribution in [0, 0.1) is 0 Å². The van der Waals surface area contributed by atoms with Crippen LogP contribution in [0.1, 0.15) is 0 Å². The molecule has 4 aromatic rings. The fourth-order valence-electron chi connectivity index (χ4n) is 3.08. The van der Waals surface area contributed by atoms with Gasteiger partial charge in [0, 0.05) is 34.1 Å². The third kappa shape index (κ3) is 2.93. The van der Waals surface area contributed by atoms with Crippen LogP contribution >= 0.6 is 11.6 Å². The second kappa shape index (κ2) is 6.98. The first-order chi connectivity index (χ1) is 12.8. The zero-order valence-corrected chi connectivity index (χ0v) is 14.6. The van der Waals surface area contributed by atoms with Crippen LogP contribution in [-0.2, 0) is 0 Å². The van der Waals surface area contributed by atoms with Gasteiger partial charge in [0.1, 0.15) is 0 Å². The Morgan fingerprint density at radius 1 is 0.769 bits per heavy atom. The molecule has 4 heteroatoms. The summed E-state index contributed by atoms with van der Waals surface area (Å²) in [6.45, 7) is 0. The van der Waals surface area contributed by atoms with E-state index in [4.69, 9.17) is 11.6 Å². The van der Waals surface area contributed by atoms with E-state index in [9.17, 15) is 4.79 Å². The number of halogens is 1. The van der Waals surface area contributed by atoms with Crippen molar-refractivity contribution >= 4 is 11.6 Å². The third-order valence-corrected chi connectivity index (χ3v) is 4.57. The second-order valence-corrected chi connectivity index (χ2v) is 6.25. The van der Waals surface area contributed by atoms with E-state index in [0.717, 1.165) is 22.4 Å². The molecule has 126 valence electrons. The number of rotatable bonds is 3. The number of nitrogens with one attached hydrogen (secondary N) is 1. The van der Waals surface area contributed by atoms with Crippen LogP contribution in [0.4, 0.5) is 0 Å². The Kier molecular flexibility index (Phi) is 4.38. The van der Waals surface area contributed by atoms with Crippen molar-refractivity contribution in [1.82, 2.24) is 9.97 Å². The van der Waals surface area contributed by atoms with Crippen LogP contribution in [0.5, 0.6) is 0 Å². The number of nitrogens with zero attached hydrogens (tertiary/aromatic N) is 1. The lowest BCUT2D eigenvalue weighted by Crippen LogP contribution is -2.11. The molecule has 3 nitrogen and oxygen atoms in total. The second-order valence-electron chi connectivity index (χ2n) is 5.84. The van der Waals surface area contributed by atoms with Gasteiger partial charge in [0.05, 0.1) is 11.3 Å². The maximum Gasteiger partial charge on any atom is 0.256 e. The first-order valence-electron chi connectivity index (χ1n) is 8.23. The van der Waals surface area contributed by atoms with Gasteiger partial charge in [-0.3, -0.25) is 9.78 Å². The van der Waals surface area contributed by atoms with Gasteiger partial charge in [-0.15, -0.1) is 0 Å². The van der Waals surface area contributed by atoms with Crippen LogP contribution in [0.25, 0.3) is 33.5 Å². The summed E-state index contributed by atoms with van der Waals surface area (Å²) < 4.78 is 0. The number of aromatic amines is 1. The number of pyridine rings is 2. The zero-order chi connectivity index (χ0) is 17.9. The van der Waals surface area contributed by atoms with E-state index in [2.05, 4.69) is 9.97 Å². The normalized spacial score (nSPS) is 10.7. The number of H-pyrrole nitrogens is 1. The lowest BCUT2D eigenvalue weighted by molar-refractivity contribution is 1.22. The molecule has 2 heterocycles. The molecule has 0 aliphatic carbocycles. The lowest BCUT2D eigenvalue weighted by Gasteiger charge is -2.15. The number of aromatic nitrogens is 2. The summed E-state index contributed by atoms with van der Waals surface area (Å²) in [7, 11) is 0. The summed E-state index contributed by atoms with van der Waals surface area (Å²) in [4.78, 5) is 20.1. The average molecular weight is 359 g/mol. The molecule has 1 N–H and O–H groups in total. The highest BCUT2D eigenvalue weighted by Crippen LogP contribution is 2.38. The maximum absolute atomic E-state index is 12.8. The maximum atomic E-state index is 12.8. The van der Waals surface area contributed by atoms with Gasteiger partial charge in [0.15, 0.2) is 0 Å². The summed E-state index contributed by atoms with van der Waals surface area (Å²) in [6, 6.07) is 22.9. The first kappa shape index (κ1) is 16.3. The number of benzene rings is 2. The molecular weight excluding hydrogens is 344 g/mol. The molecule has 0 amide bonds. The van der Waals surface area contributed by atoms with Gasteiger partial charge in [-0.2, -0.15) is 0 Å². The minimum absolute atomic E-state index is 0.184. The molecule has 0 spiro atoms. The largest absolute Gasteiger partial charge is 0.328 e. The lowest BCUT2D eigenvalue weighted by atomic mass is 9.91. The van der Waals surface area contributed by atoms with Crippen molar-refractivity contribution in [1.29, 1.82) is 0 Å². The Hall–Kier alpha value is -3.17. The van der Waals surface area contributed by atoms with Gasteiger partial charge in [-0.05, 0) is 23.8 Å². The van der Waals surface area contributed by atoms with E-state index >= 15 is 0 Å². The van der Waals surface area contributed by atoms with Crippen LogP contribution in [0.2, 0.25) is 5.02 Å². The summed E-state index contributed by atoms with van der Waals surface area (Å²) in [5.41, 5.74) is 4.46. The standard InChI is InChI=1S/C22H15ClN2O/c23-18-11-5-4-10-16(18)21-20(15-8-2-1-3-9-15)17(14-25-22(21)26)19-12-6-7-13-24-19/h1-14H,(H,25,26). The summed E-state index contributed by atoms with van der Waals surface area (Å²) in [6.07, 6.45) is 3.46. The Morgan fingerprint density at radius 2 is 1.50 bits per heavy atom. The monoisotopic (exact) mass is 358 g/mol.